The summed E-state index contributed by atoms with van der Waals surface area (Å²) in [4.78, 5) is 11.1. The van der Waals surface area contributed by atoms with Crippen LogP contribution in [0.3, 0.4) is 0 Å². The van der Waals surface area contributed by atoms with Gasteiger partial charge in [-0.3, -0.25) is 4.79 Å². The Morgan fingerprint density at radius 3 is 2.00 bits per heavy atom. The average molecular weight is 210 g/mol. The Bertz CT molecular complexity index is 165. The molecule has 3 nitrogen and oxygen atoms in total. The van der Waals surface area contributed by atoms with E-state index < -0.39 is 0 Å². The molecule has 0 unspecified atom stereocenters. The van der Waals surface area contributed by atoms with E-state index in [2.05, 4.69) is 4.74 Å². The lowest BCUT2D eigenvalue weighted by molar-refractivity contribution is -0.146. The van der Waals surface area contributed by atoms with E-state index >= 15 is 0 Å². The SMILES string of the molecule is COC(=O)[C@@H](C)[C@H](N)C(C)(C)C.Cl. The monoisotopic (exact) mass is 209 g/mol. The van der Waals surface area contributed by atoms with E-state index in [4.69, 9.17) is 5.73 Å². The highest BCUT2D eigenvalue weighted by Gasteiger charge is 2.30. The second-order valence-corrected chi connectivity index (χ2v) is 4.20. The van der Waals surface area contributed by atoms with Gasteiger partial charge in [-0.2, -0.15) is 0 Å². The van der Waals surface area contributed by atoms with Gasteiger partial charge in [0.1, 0.15) is 0 Å². The summed E-state index contributed by atoms with van der Waals surface area (Å²) < 4.78 is 4.61. The van der Waals surface area contributed by atoms with Crippen LogP contribution in [0.25, 0.3) is 0 Å². The van der Waals surface area contributed by atoms with Gasteiger partial charge in [-0.15, -0.1) is 12.4 Å². The number of hydrogen-bond donors (Lipinski definition) is 1. The zero-order valence-electron chi connectivity index (χ0n) is 8.96. The van der Waals surface area contributed by atoms with Gasteiger partial charge in [0.2, 0.25) is 0 Å². The minimum atomic E-state index is -0.241. The van der Waals surface area contributed by atoms with Crippen molar-refractivity contribution in [2.24, 2.45) is 17.1 Å². The fourth-order valence-electron chi connectivity index (χ4n) is 1.08. The van der Waals surface area contributed by atoms with Crippen molar-refractivity contribution in [2.75, 3.05) is 7.11 Å². The molecule has 2 atom stereocenters. The van der Waals surface area contributed by atoms with E-state index in [1.54, 1.807) is 6.92 Å². The van der Waals surface area contributed by atoms with Crippen LogP contribution in [0.15, 0.2) is 0 Å². The Morgan fingerprint density at radius 2 is 1.77 bits per heavy atom. The van der Waals surface area contributed by atoms with Gasteiger partial charge in [-0.1, -0.05) is 27.7 Å². The van der Waals surface area contributed by atoms with Crippen LogP contribution < -0.4 is 5.73 Å². The zero-order chi connectivity index (χ0) is 9.94. The van der Waals surface area contributed by atoms with Gasteiger partial charge >= 0.3 is 5.97 Å². The highest BCUT2D eigenvalue weighted by Crippen LogP contribution is 2.23. The molecule has 0 rings (SSSR count). The molecule has 0 aliphatic carbocycles. The van der Waals surface area contributed by atoms with Crippen molar-refractivity contribution < 1.29 is 9.53 Å². The minimum absolute atomic E-state index is 0. The Morgan fingerprint density at radius 1 is 1.38 bits per heavy atom. The van der Waals surface area contributed by atoms with Crippen LogP contribution in [0, 0.1) is 11.3 Å². The van der Waals surface area contributed by atoms with Crippen molar-refractivity contribution in [1.82, 2.24) is 0 Å². The second kappa shape index (κ2) is 5.45. The van der Waals surface area contributed by atoms with Crippen molar-refractivity contribution >= 4 is 18.4 Å². The van der Waals surface area contributed by atoms with Crippen LogP contribution in [0.2, 0.25) is 0 Å². The molecule has 0 spiro atoms. The van der Waals surface area contributed by atoms with Crippen LogP contribution in [0.5, 0.6) is 0 Å². The van der Waals surface area contributed by atoms with Gasteiger partial charge in [-0.25, -0.2) is 0 Å². The molecule has 0 saturated carbocycles. The summed E-state index contributed by atoms with van der Waals surface area (Å²) in [6, 6.07) is -0.162. The largest absolute Gasteiger partial charge is 0.469 e. The van der Waals surface area contributed by atoms with E-state index in [-0.39, 0.29) is 35.8 Å². The Kier molecular flexibility index (Phi) is 6.37. The first-order chi connectivity index (χ1) is 5.30. The fraction of sp³-hybridized carbons (Fsp3) is 0.889. The fourth-order valence-corrected chi connectivity index (χ4v) is 1.08. The van der Waals surface area contributed by atoms with E-state index in [0.29, 0.717) is 0 Å². The molecule has 0 bridgehead atoms. The number of nitrogens with two attached hydrogens (primary N) is 1. The maximum Gasteiger partial charge on any atom is 0.309 e. The topological polar surface area (TPSA) is 52.3 Å². The van der Waals surface area contributed by atoms with Crippen LogP contribution in [0.4, 0.5) is 0 Å². The summed E-state index contributed by atoms with van der Waals surface area (Å²) in [7, 11) is 1.38. The summed E-state index contributed by atoms with van der Waals surface area (Å²) in [6.07, 6.45) is 0. The normalized spacial score (nSPS) is 15.5. The third-order valence-electron chi connectivity index (χ3n) is 2.11. The van der Waals surface area contributed by atoms with Crippen molar-refractivity contribution in [3.63, 3.8) is 0 Å². The van der Waals surface area contributed by atoms with Gasteiger partial charge in [0.05, 0.1) is 13.0 Å². The molecule has 0 amide bonds. The molecule has 0 aromatic carbocycles. The molecule has 0 aromatic rings. The first-order valence-electron chi connectivity index (χ1n) is 4.14. The van der Waals surface area contributed by atoms with Gasteiger partial charge in [0.25, 0.3) is 0 Å². The summed E-state index contributed by atoms with van der Waals surface area (Å²) in [5.41, 5.74) is 5.81. The maximum atomic E-state index is 11.1. The minimum Gasteiger partial charge on any atom is -0.469 e. The zero-order valence-corrected chi connectivity index (χ0v) is 9.77. The summed E-state index contributed by atoms with van der Waals surface area (Å²) in [5, 5.41) is 0. The third kappa shape index (κ3) is 4.48. The number of halogens is 1. The van der Waals surface area contributed by atoms with Gasteiger partial charge < -0.3 is 10.5 Å². The van der Waals surface area contributed by atoms with E-state index in [1.807, 2.05) is 20.8 Å². The maximum absolute atomic E-state index is 11.1. The average Bonchev–Trinajstić information content (AvgIpc) is 1.98. The summed E-state index contributed by atoms with van der Waals surface area (Å²) in [6.45, 7) is 7.83. The number of methoxy groups -OCH3 is 1. The summed E-state index contributed by atoms with van der Waals surface area (Å²) >= 11 is 0. The Labute approximate surface area is 86.4 Å². The first-order valence-corrected chi connectivity index (χ1v) is 4.14. The van der Waals surface area contributed by atoms with Gasteiger partial charge in [0, 0.05) is 6.04 Å². The van der Waals surface area contributed by atoms with E-state index in [0.717, 1.165) is 0 Å². The molecule has 2 N–H and O–H groups in total. The lowest BCUT2D eigenvalue weighted by Gasteiger charge is -2.30. The van der Waals surface area contributed by atoms with Gasteiger partial charge in [0.15, 0.2) is 0 Å². The molecule has 0 fully saturated rings. The molecular formula is C9H20ClNO2. The molecule has 0 aromatic heterocycles. The highest BCUT2D eigenvalue weighted by atomic mass is 35.5. The van der Waals surface area contributed by atoms with Crippen molar-refractivity contribution in [3.8, 4) is 0 Å². The highest BCUT2D eigenvalue weighted by molar-refractivity contribution is 5.85. The Hall–Kier alpha value is -0.280. The molecule has 13 heavy (non-hydrogen) atoms. The number of esters is 1. The molecule has 0 saturated heterocycles. The van der Waals surface area contributed by atoms with E-state index in [9.17, 15) is 4.79 Å². The number of carbonyl (C=O) groups is 1. The van der Waals surface area contributed by atoms with Gasteiger partial charge in [-0.05, 0) is 5.41 Å². The summed E-state index contributed by atoms with van der Waals surface area (Å²) in [5.74, 6) is -0.479. The van der Waals surface area contributed by atoms with E-state index in [1.165, 1.54) is 7.11 Å². The number of carbonyl (C=O) groups excluding carboxylic acids is 1. The van der Waals surface area contributed by atoms with Crippen molar-refractivity contribution in [3.05, 3.63) is 0 Å². The van der Waals surface area contributed by atoms with Crippen molar-refractivity contribution in [2.45, 2.75) is 33.7 Å². The molecule has 0 radical (unpaired) electrons. The van der Waals surface area contributed by atoms with Crippen LogP contribution in [-0.4, -0.2) is 19.1 Å². The van der Waals surface area contributed by atoms with Crippen LogP contribution in [-0.2, 0) is 9.53 Å². The Balaban J connectivity index is 0. The molecular weight excluding hydrogens is 190 g/mol. The standard InChI is InChI=1S/C9H19NO2.ClH/c1-6(8(11)12-5)7(10)9(2,3)4;/h6-7H,10H2,1-5H3;1H/t6-,7-;/m0./s1. The molecule has 0 aliphatic heterocycles. The number of hydrogen-bond acceptors (Lipinski definition) is 3. The molecule has 0 heterocycles. The molecule has 0 aliphatic rings. The molecule has 4 heteroatoms. The smallest absolute Gasteiger partial charge is 0.309 e. The second-order valence-electron chi connectivity index (χ2n) is 4.20. The predicted octanol–water partition coefficient (Wildman–Crippen LogP) is 1.59. The lowest BCUT2D eigenvalue weighted by Crippen LogP contribution is -2.44. The quantitative estimate of drug-likeness (QED) is 0.703. The number of ether oxygens (including phenoxy) is 1. The van der Waals surface area contributed by atoms with Crippen LogP contribution >= 0.6 is 12.4 Å². The number of rotatable bonds is 2. The predicted molar refractivity (Wildman–Crippen MR) is 55.9 cm³/mol. The van der Waals surface area contributed by atoms with Crippen molar-refractivity contribution in [1.29, 1.82) is 0 Å². The lowest BCUT2D eigenvalue weighted by atomic mass is 9.80. The molecule has 80 valence electrons. The first kappa shape index (κ1) is 15.2. The van der Waals surface area contributed by atoms with Crippen LogP contribution in [0.1, 0.15) is 27.7 Å². The third-order valence-corrected chi connectivity index (χ3v) is 2.11.